The van der Waals surface area contributed by atoms with Crippen molar-refractivity contribution in [2.75, 3.05) is 0 Å². The summed E-state index contributed by atoms with van der Waals surface area (Å²) in [4.78, 5) is 0. The fourth-order valence-corrected chi connectivity index (χ4v) is 0. The van der Waals surface area contributed by atoms with Crippen molar-refractivity contribution >= 4 is 45.2 Å². The van der Waals surface area contributed by atoms with Crippen LogP contribution in [0, 0.1) is 2.43 Å². The van der Waals surface area contributed by atoms with E-state index in [9.17, 15) is 0 Å². The molecule has 0 fully saturated rings. The van der Waals surface area contributed by atoms with Gasteiger partial charge in [-0.15, -0.1) is 0 Å². The minimum atomic E-state index is 0. The Kier molecular flexibility index (Phi) is 21.0. The van der Waals surface area contributed by atoms with Crippen LogP contribution in [-0.4, -0.2) is 0 Å². The zero-order chi connectivity index (χ0) is 2.71. The van der Waals surface area contributed by atoms with Crippen LogP contribution in [0.25, 0.3) is 0 Å². The standard InChI is InChI=1S/CHI2.Zn/c2-1-3;/h1H;/q-1;. The van der Waals surface area contributed by atoms with E-state index in [4.69, 9.17) is 0 Å². The van der Waals surface area contributed by atoms with E-state index >= 15 is 0 Å². The molecule has 0 saturated carbocycles. The molecule has 3 heteroatoms. The summed E-state index contributed by atoms with van der Waals surface area (Å²) in [5.74, 6) is 0. The van der Waals surface area contributed by atoms with E-state index in [0.717, 1.165) is 0 Å². The summed E-state index contributed by atoms with van der Waals surface area (Å²) in [6.45, 7) is 0. The normalized spacial score (nSPS) is 4.50. The molecule has 0 aliphatic heterocycles. The van der Waals surface area contributed by atoms with Gasteiger partial charge in [-0.3, -0.25) is 0 Å². The molecular weight excluding hydrogens is 331 g/mol. The summed E-state index contributed by atoms with van der Waals surface area (Å²) >= 11 is 4.30. The molecule has 0 amide bonds. The maximum absolute atomic E-state index is 2.15. The molecule has 0 radical (unpaired) electrons. The van der Waals surface area contributed by atoms with E-state index in [1.54, 1.807) is 0 Å². The third kappa shape index (κ3) is 8.94. The summed E-state index contributed by atoms with van der Waals surface area (Å²) in [5, 5.41) is 0. The molecule has 0 atom stereocenters. The fourth-order valence-electron chi connectivity index (χ4n) is 0. The Morgan fingerprint density at radius 1 is 1.25 bits per heavy atom. The van der Waals surface area contributed by atoms with Gasteiger partial charge in [-0.2, -0.15) is 0 Å². The van der Waals surface area contributed by atoms with Crippen molar-refractivity contribution in [3.05, 3.63) is 2.43 Å². The van der Waals surface area contributed by atoms with E-state index < -0.39 is 0 Å². The molecule has 0 aliphatic rings. The first-order valence-corrected chi connectivity index (χ1v) is 2.93. The van der Waals surface area contributed by atoms with Crippen molar-refractivity contribution in [3.8, 4) is 0 Å². The smallest absolute Gasteiger partial charge is 0 e. The van der Waals surface area contributed by atoms with E-state index in [0.29, 0.717) is 0 Å². The van der Waals surface area contributed by atoms with Gasteiger partial charge in [0.15, 0.2) is 0 Å². The van der Waals surface area contributed by atoms with Crippen LogP contribution in [0.5, 0.6) is 0 Å². The second-order valence-electron chi connectivity index (χ2n) is 0.0825. The van der Waals surface area contributed by atoms with Gasteiger partial charge in [0, 0.05) is 19.5 Å². The second-order valence-corrected chi connectivity index (χ2v) is 3.71. The van der Waals surface area contributed by atoms with E-state index in [1.165, 1.54) is 0 Å². The molecule has 0 aromatic carbocycles. The fraction of sp³-hybridized carbons (Fsp3) is 0. The average molecular weight is 332 g/mol. The van der Waals surface area contributed by atoms with Crippen LogP contribution in [-0.2, 0) is 19.5 Å². The molecule has 22 valence electrons. The summed E-state index contributed by atoms with van der Waals surface area (Å²) < 4.78 is 1.94. The molecule has 0 heterocycles. The zero-order valence-corrected chi connectivity index (χ0v) is 9.32. The Morgan fingerprint density at radius 2 is 1.25 bits per heavy atom. The molecular formula is CHI2Zn-. The molecule has 0 nitrogen and oxygen atoms in total. The van der Waals surface area contributed by atoms with Crippen LogP contribution in [0.3, 0.4) is 0 Å². The van der Waals surface area contributed by atoms with Crippen molar-refractivity contribution in [3.63, 3.8) is 0 Å². The van der Waals surface area contributed by atoms with Crippen LogP contribution < -0.4 is 0 Å². The second kappa shape index (κ2) is 8.92. The van der Waals surface area contributed by atoms with Crippen LogP contribution >= 0.6 is 45.2 Å². The van der Waals surface area contributed by atoms with Gasteiger partial charge in [-0.05, 0) is 0 Å². The van der Waals surface area contributed by atoms with Crippen LogP contribution in [0.4, 0.5) is 0 Å². The van der Waals surface area contributed by atoms with E-state index in [2.05, 4.69) is 45.2 Å². The molecule has 0 unspecified atom stereocenters. The molecule has 0 spiro atoms. The quantitative estimate of drug-likeness (QED) is 0.362. The molecule has 0 aromatic rings. The van der Waals surface area contributed by atoms with Crippen LogP contribution in [0.15, 0.2) is 0 Å². The van der Waals surface area contributed by atoms with Gasteiger partial charge in [-0.25, -0.2) is 2.43 Å². The van der Waals surface area contributed by atoms with Gasteiger partial charge in [0.1, 0.15) is 0 Å². The van der Waals surface area contributed by atoms with Gasteiger partial charge in [0.2, 0.25) is 0 Å². The Morgan fingerprint density at radius 3 is 1.25 bits per heavy atom. The van der Waals surface area contributed by atoms with Gasteiger partial charge < -0.3 is 45.2 Å². The molecule has 0 saturated heterocycles. The Hall–Kier alpha value is 2.08. The topological polar surface area (TPSA) is 0 Å². The van der Waals surface area contributed by atoms with Crippen molar-refractivity contribution in [2.24, 2.45) is 0 Å². The van der Waals surface area contributed by atoms with Gasteiger partial charge in [-0.1, -0.05) is 0 Å². The third-order valence-corrected chi connectivity index (χ3v) is 0. The number of rotatable bonds is 0. The maximum atomic E-state index is 2.15. The van der Waals surface area contributed by atoms with Gasteiger partial charge >= 0.3 is 0 Å². The van der Waals surface area contributed by atoms with E-state index in [-0.39, 0.29) is 19.5 Å². The van der Waals surface area contributed by atoms with Crippen molar-refractivity contribution < 1.29 is 19.5 Å². The predicted octanol–water partition coefficient (Wildman–Crippen LogP) is 1.97. The summed E-state index contributed by atoms with van der Waals surface area (Å²) in [6.07, 6.45) is 0. The Balaban J connectivity index is 0. The largest absolute Gasteiger partial charge is 0.304 e. The van der Waals surface area contributed by atoms with Gasteiger partial charge in [0.25, 0.3) is 0 Å². The molecule has 4 heavy (non-hydrogen) atoms. The van der Waals surface area contributed by atoms with Crippen LogP contribution in [0.2, 0.25) is 0 Å². The van der Waals surface area contributed by atoms with Gasteiger partial charge in [0.05, 0.1) is 0 Å². The minimum Gasteiger partial charge on any atom is -0.304 e. The average Bonchev–Trinajstić information content (AvgIpc) is 0.918. The molecule has 0 aromatic heterocycles. The first-order chi connectivity index (χ1) is 1.41. The zero-order valence-electron chi connectivity index (χ0n) is 2.04. The van der Waals surface area contributed by atoms with Crippen LogP contribution in [0.1, 0.15) is 0 Å². The van der Waals surface area contributed by atoms with Crippen molar-refractivity contribution in [1.29, 1.82) is 0 Å². The number of halogens is 2. The first-order valence-electron chi connectivity index (χ1n) is 0.436. The molecule has 0 rings (SSSR count). The molecule has 0 aliphatic carbocycles. The SMILES string of the molecule is I[CH-]I.[Zn]. The third-order valence-electron chi connectivity index (χ3n) is 0. The molecule has 0 bridgehead atoms. The predicted molar refractivity (Wildman–Crippen MR) is 32.3 cm³/mol. The van der Waals surface area contributed by atoms with Crippen molar-refractivity contribution in [2.45, 2.75) is 0 Å². The summed E-state index contributed by atoms with van der Waals surface area (Å²) in [7, 11) is 0. The number of hydrogen-bond donors (Lipinski definition) is 0. The number of hydrogen-bond acceptors (Lipinski definition) is 0. The van der Waals surface area contributed by atoms with E-state index in [1.807, 2.05) is 2.43 Å². The minimum absolute atomic E-state index is 0. The monoisotopic (exact) mass is 331 g/mol. The maximum Gasteiger partial charge on any atom is 0 e. The summed E-state index contributed by atoms with van der Waals surface area (Å²) in [5.41, 5.74) is 0. The Bertz CT molecular complexity index is 6.00. The van der Waals surface area contributed by atoms with Crippen molar-refractivity contribution in [1.82, 2.24) is 0 Å². The molecule has 0 N–H and O–H groups in total. The Labute approximate surface area is 66.1 Å². The first kappa shape index (κ1) is 9.43. The summed E-state index contributed by atoms with van der Waals surface area (Å²) in [6, 6.07) is 0.